The van der Waals surface area contributed by atoms with Crippen LogP contribution >= 0.6 is 11.6 Å². The Labute approximate surface area is 245 Å². The number of nitrogens with one attached hydrogen (secondary N) is 4. The molecular weight excluding hydrogens is 540 g/mol. The Balaban J connectivity index is 1.69. The minimum Gasteiger partial charge on any atom is -0.493 e. The third-order valence-corrected chi connectivity index (χ3v) is 6.74. The molecule has 1 aromatic carbocycles. The molecule has 0 unspecified atom stereocenters. The number of halogens is 1. The molecule has 4 rings (SSSR count). The number of aromatic amines is 1. The number of pyridine rings is 1. The van der Waals surface area contributed by atoms with Crippen LogP contribution in [-0.4, -0.2) is 66.5 Å². The van der Waals surface area contributed by atoms with E-state index in [1.807, 2.05) is 52.2 Å². The van der Waals surface area contributed by atoms with Crippen LogP contribution < -0.4 is 20.7 Å². The maximum Gasteiger partial charge on any atom is 0.255 e. The van der Waals surface area contributed by atoms with Crippen LogP contribution in [0.1, 0.15) is 41.9 Å². The van der Waals surface area contributed by atoms with E-state index in [1.165, 1.54) is 0 Å². The van der Waals surface area contributed by atoms with E-state index in [4.69, 9.17) is 16.3 Å². The summed E-state index contributed by atoms with van der Waals surface area (Å²) in [7, 11) is 5.52. The van der Waals surface area contributed by atoms with Crippen molar-refractivity contribution in [3.8, 4) is 28.8 Å². The predicted molar refractivity (Wildman–Crippen MR) is 163 cm³/mol. The van der Waals surface area contributed by atoms with Crippen LogP contribution in [0.25, 0.3) is 11.3 Å². The van der Waals surface area contributed by atoms with E-state index < -0.39 is 5.54 Å². The second-order valence-electron chi connectivity index (χ2n) is 10.5. The molecule has 3 heterocycles. The van der Waals surface area contributed by atoms with Gasteiger partial charge in [0.2, 0.25) is 5.91 Å². The summed E-state index contributed by atoms with van der Waals surface area (Å²) in [6, 6.07) is 7.23. The number of benzene rings is 1. The van der Waals surface area contributed by atoms with Crippen molar-refractivity contribution in [1.82, 2.24) is 25.5 Å². The Morgan fingerprint density at radius 2 is 2.10 bits per heavy atom. The second-order valence-corrected chi connectivity index (χ2v) is 10.9. The smallest absolute Gasteiger partial charge is 0.255 e. The van der Waals surface area contributed by atoms with Crippen LogP contribution in [0.15, 0.2) is 48.8 Å². The largest absolute Gasteiger partial charge is 0.493 e. The average Bonchev–Trinajstić information content (AvgIpc) is 3.29. The quantitative estimate of drug-likeness (QED) is 0.221. The van der Waals surface area contributed by atoms with Gasteiger partial charge in [-0.15, -0.1) is 0 Å². The van der Waals surface area contributed by atoms with Crippen LogP contribution in [0.5, 0.6) is 5.75 Å². The lowest BCUT2D eigenvalue weighted by Gasteiger charge is -2.19. The summed E-state index contributed by atoms with van der Waals surface area (Å²) in [5.74, 6) is 6.46. The second kappa shape index (κ2) is 12.9. The Kier molecular flexibility index (Phi) is 9.38. The van der Waals surface area contributed by atoms with Gasteiger partial charge in [-0.05, 0) is 58.6 Å². The maximum absolute atomic E-state index is 13.0. The zero-order valence-corrected chi connectivity index (χ0v) is 24.7. The molecule has 10 heteroatoms. The third-order valence-electron chi connectivity index (χ3n) is 6.44. The van der Waals surface area contributed by atoms with Gasteiger partial charge in [-0.3, -0.25) is 14.6 Å². The predicted octanol–water partition coefficient (Wildman–Crippen LogP) is 4.52. The van der Waals surface area contributed by atoms with Gasteiger partial charge < -0.3 is 30.6 Å². The minimum atomic E-state index is -0.805. The van der Waals surface area contributed by atoms with Crippen molar-refractivity contribution < 1.29 is 14.3 Å². The number of H-pyrrole nitrogens is 1. The highest BCUT2D eigenvalue weighted by molar-refractivity contribution is 6.32. The van der Waals surface area contributed by atoms with Crippen molar-refractivity contribution in [2.45, 2.75) is 32.2 Å². The summed E-state index contributed by atoms with van der Waals surface area (Å²) in [6.45, 7) is 5.09. The number of aromatic nitrogens is 2. The number of nitrogens with zero attached hydrogens (tertiary/aromatic N) is 2. The van der Waals surface area contributed by atoms with Gasteiger partial charge in [0.1, 0.15) is 0 Å². The molecular formula is C31H35ClN6O3. The maximum atomic E-state index is 13.0. The SMILES string of the molecule is COc1c(Cl)cccc1Nc1c(-c2ccncc2C#CC(C)(C)NC(=O)/C=C/CCN(C)C)[nH]c2c1C(=O)NCC2. The van der Waals surface area contributed by atoms with Gasteiger partial charge in [-0.25, -0.2) is 0 Å². The van der Waals surface area contributed by atoms with E-state index in [0.717, 1.165) is 24.2 Å². The number of methoxy groups -OCH3 is 1. The summed E-state index contributed by atoms with van der Waals surface area (Å²) in [5, 5.41) is 9.71. The van der Waals surface area contributed by atoms with E-state index >= 15 is 0 Å². The minimum absolute atomic E-state index is 0.179. The number of amides is 2. The molecule has 2 amide bonds. The number of hydrogen-bond donors (Lipinski definition) is 4. The number of carbonyl (C=O) groups excluding carboxylic acids is 2. The topological polar surface area (TPSA) is 111 Å². The molecule has 4 N–H and O–H groups in total. The molecule has 0 atom stereocenters. The summed E-state index contributed by atoms with van der Waals surface area (Å²) in [6.07, 6.45) is 8.17. The van der Waals surface area contributed by atoms with Gasteiger partial charge in [0, 0.05) is 43.2 Å². The van der Waals surface area contributed by atoms with Crippen molar-refractivity contribution >= 4 is 34.8 Å². The molecule has 3 aromatic rings. The van der Waals surface area contributed by atoms with Crippen LogP contribution in [-0.2, 0) is 11.2 Å². The van der Waals surface area contributed by atoms with Crippen LogP contribution in [0, 0.1) is 11.8 Å². The lowest BCUT2D eigenvalue weighted by molar-refractivity contribution is -0.117. The van der Waals surface area contributed by atoms with Crippen molar-refractivity contribution in [3.05, 3.63) is 70.7 Å². The van der Waals surface area contributed by atoms with E-state index in [0.29, 0.717) is 51.9 Å². The van der Waals surface area contributed by atoms with Crippen LogP contribution in [0.3, 0.4) is 0 Å². The van der Waals surface area contributed by atoms with Gasteiger partial charge in [-0.1, -0.05) is 35.6 Å². The lowest BCUT2D eigenvalue weighted by Crippen LogP contribution is -2.41. The van der Waals surface area contributed by atoms with Crippen molar-refractivity contribution in [3.63, 3.8) is 0 Å². The summed E-state index contributed by atoms with van der Waals surface area (Å²) >= 11 is 6.38. The van der Waals surface area contributed by atoms with Crippen LogP contribution in [0.2, 0.25) is 5.02 Å². The molecule has 0 radical (unpaired) electrons. The van der Waals surface area contributed by atoms with Crippen molar-refractivity contribution in [1.29, 1.82) is 0 Å². The van der Waals surface area contributed by atoms with Crippen molar-refractivity contribution in [2.75, 3.05) is 39.6 Å². The van der Waals surface area contributed by atoms with E-state index in [9.17, 15) is 9.59 Å². The standard InChI is InChI=1S/C31H35ClN6O3/c1-31(2,37-25(39)11-6-7-18-38(3)4)15-12-20-19-33-16-13-21(20)27-28(26-23(35-27)14-17-34-30(26)40)36-24-10-8-9-22(32)29(24)41-5/h6,8-11,13,16,19,35-36H,7,14,17-18H2,1-5H3,(H,34,40)(H,37,39)/b11-6+. The monoisotopic (exact) mass is 574 g/mol. The number of hydrogen-bond acceptors (Lipinski definition) is 6. The van der Waals surface area contributed by atoms with Gasteiger partial charge >= 0.3 is 0 Å². The Morgan fingerprint density at radius 3 is 2.85 bits per heavy atom. The molecule has 0 saturated carbocycles. The number of fused-ring (bicyclic) bond motifs is 1. The van der Waals surface area contributed by atoms with Gasteiger partial charge in [0.05, 0.1) is 45.9 Å². The third kappa shape index (κ3) is 7.28. The highest BCUT2D eigenvalue weighted by atomic mass is 35.5. The first-order chi connectivity index (χ1) is 19.6. The first-order valence-corrected chi connectivity index (χ1v) is 13.7. The molecule has 0 aliphatic carbocycles. The Hall–Kier alpha value is -4.26. The molecule has 1 aliphatic heterocycles. The number of carbonyl (C=O) groups is 2. The summed E-state index contributed by atoms with van der Waals surface area (Å²) in [4.78, 5) is 35.3. The number of rotatable bonds is 9. The number of para-hydroxylation sites is 1. The molecule has 2 aromatic heterocycles. The van der Waals surface area contributed by atoms with Gasteiger partial charge in [0.15, 0.2) is 5.75 Å². The molecule has 41 heavy (non-hydrogen) atoms. The lowest BCUT2D eigenvalue weighted by atomic mass is 10.0. The summed E-state index contributed by atoms with van der Waals surface area (Å²) < 4.78 is 5.54. The molecule has 9 nitrogen and oxygen atoms in total. The number of ether oxygens (including phenoxy) is 1. The first kappa shape index (κ1) is 29.7. The van der Waals surface area contributed by atoms with Gasteiger partial charge in [-0.2, -0.15) is 0 Å². The Bertz CT molecular complexity index is 1530. The molecule has 0 bridgehead atoms. The zero-order chi connectivity index (χ0) is 29.6. The molecule has 0 saturated heterocycles. The summed E-state index contributed by atoms with van der Waals surface area (Å²) in [5.41, 5.74) is 3.81. The fourth-order valence-electron chi connectivity index (χ4n) is 4.50. The van der Waals surface area contributed by atoms with E-state index in [1.54, 1.807) is 31.6 Å². The first-order valence-electron chi connectivity index (χ1n) is 13.3. The molecule has 1 aliphatic rings. The Morgan fingerprint density at radius 1 is 1.29 bits per heavy atom. The highest BCUT2D eigenvalue weighted by Crippen LogP contribution is 2.41. The number of anilines is 2. The van der Waals surface area contributed by atoms with Crippen molar-refractivity contribution in [2.24, 2.45) is 0 Å². The molecule has 0 fully saturated rings. The highest BCUT2D eigenvalue weighted by Gasteiger charge is 2.28. The molecule has 0 spiro atoms. The van der Waals surface area contributed by atoms with Gasteiger partial charge in [0.25, 0.3) is 5.91 Å². The van der Waals surface area contributed by atoms with E-state index in [2.05, 4.69) is 42.7 Å². The van der Waals surface area contributed by atoms with Crippen LogP contribution in [0.4, 0.5) is 11.4 Å². The fourth-order valence-corrected chi connectivity index (χ4v) is 4.75. The van der Waals surface area contributed by atoms with E-state index in [-0.39, 0.29) is 11.8 Å². The fraction of sp³-hybridized carbons (Fsp3) is 0.323. The normalized spacial score (nSPS) is 12.9. The zero-order valence-electron chi connectivity index (χ0n) is 23.9. The molecule has 214 valence electrons. The average molecular weight is 575 g/mol.